The summed E-state index contributed by atoms with van der Waals surface area (Å²) in [6.45, 7) is 2.43. The molecule has 0 radical (unpaired) electrons. The number of carbonyl (C=O) groups is 1. The summed E-state index contributed by atoms with van der Waals surface area (Å²) < 4.78 is 11.5. The van der Waals surface area contributed by atoms with Gasteiger partial charge in [0.1, 0.15) is 0 Å². The number of benzene rings is 3. The van der Waals surface area contributed by atoms with Gasteiger partial charge in [-0.3, -0.25) is 4.90 Å². The summed E-state index contributed by atoms with van der Waals surface area (Å²) in [6.07, 6.45) is 2.65. The Labute approximate surface area is 224 Å². The molecule has 0 aromatic heterocycles. The number of anilines is 3. The molecule has 1 aliphatic rings. The van der Waals surface area contributed by atoms with E-state index in [1.807, 2.05) is 66.9 Å². The van der Waals surface area contributed by atoms with E-state index in [1.165, 1.54) is 0 Å². The van der Waals surface area contributed by atoms with Crippen LogP contribution in [-0.4, -0.2) is 48.8 Å². The second-order valence-electron chi connectivity index (χ2n) is 8.91. The van der Waals surface area contributed by atoms with Crippen molar-refractivity contribution in [2.24, 2.45) is 5.73 Å². The highest BCUT2D eigenvalue weighted by molar-refractivity contribution is 8.28. The summed E-state index contributed by atoms with van der Waals surface area (Å²) in [6, 6.07) is 21.0. The largest absolute Gasteiger partial charge is 0.369 e. The Hall–Kier alpha value is -2.42. The normalized spacial score (nSPS) is 15.2. The van der Waals surface area contributed by atoms with E-state index in [1.54, 1.807) is 4.90 Å². The van der Waals surface area contributed by atoms with Gasteiger partial charge in [0.05, 0.1) is 0 Å². The summed E-state index contributed by atoms with van der Waals surface area (Å²) in [5.41, 5.74) is 10.4. The van der Waals surface area contributed by atoms with Gasteiger partial charge < -0.3 is 20.5 Å². The minimum atomic E-state index is -2.06. The van der Waals surface area contributed by atoms with Crippen LogP contribution in [0.25, 0.3) is 0 Å². The number of rotatable bonds is 9. The third-order valence-electron chi connectivity index (χ3n) is 6.43. The number of hydrogen-bond acceptors (Lipinski definition) is 4. The number of alkyl halides is 1. The van der Waals surface area contributed by atoms with Crippen LogP contribution >= 0.6 is 33.5 Å². The zero-order valence-corrected chi connectivity index (χ0v) is 22.6. The predicted molar refractivity (Wildman–Crippen MR) is 155 cm³/mol. The van der Waals surface area contributed by atoms with Crippen LogP contribution < -0.4 is 20.9 Å². The van der Waals surface area contributed by atoms with Gasteiger partial charge in [-0.25, -0.2) is 4.79 Å². The third kappa shape index (κ3) is 6.10. The van der Waals surface area contributed by atoms with E-state index < -0.39 is 10.3 Å². The van der Waals surface area contributed by atoms with Crippen molar-refractivity contribution in [2.45, 2.75) is 17.2 Å². The monoisotopic (exact) mass is 546 g/mol. The molecule has 36 heavy (non-hydrogen) atoms. The molecule has 3 aromatic rings. The Morgan fingerprint density at radius 1 is 1.14 bits per heavy atom. The topological polar surface area (TPSA) is 81.8 Å². The van der Waals surface area contributed by atoms with Crippen LogP contribution in [0.4, 0.5) is 21.9 Å². The molecule has 4 N–H and O–H groups in total. The van der Waals surface area contributed by atoms with Gasteiger partial charge in [-0.1, -0.05) is 35.9 Å². The molecule has 2 amide bonds. The fourth-order valence-electron chi connectivity index (χ4n) is 4.41. The van der Waals surface area contributed by atoms with E-state index in [0.29, 0.717) is 42.8 Å². The summed E-state index contributed by atoms with van der Waals surface area (Å²) in [5, 5.41) is 3.66. The van der Waals surface area contributed by atoms with Crippen LogP contribution in [-0.2, 0) is 12.3 Å². The van der Waals surface area contributed by atoms with E-state index in [9.17, 15) is 9.35 Å². The molecule has 0 bridgehead atoms. The summed E-state index contributed by atoms with van der Waals surface area (Å²) in [7, 11) is -2.06. The van der Waals surface area contributed by atoms with Crippen molar-refractivity contribution >= 4 is 56.6 Å². The maximum atomic E-state index is 13.0. The predicted octanol–water partition coefficient (Wildman–Crippen LogP) is 6.41. The van der Waals surface area contributed by atoms with Gasteiger partial charge >= 0.3 is 6.03 Å². The van der Waals surface area contributed by atoms with Gasteiger partial charge in [0, 0.05) is 64.8 Å². The SMILES string of the molecule is CS(O)(CCN(CCN)c1cccc(Cl)c1)c1ccc2c(c1)CCN2C(=O)Nc1ccccc1CCl. The van der Waals surface area contributed by atoms with Crippen molar-refractivity contribution in [3.63, 3.8) is 0 Å². The van der Waals surface area contributed by atoms with Gasteiger partial charge in [0.15, 0.2) is 0 Å². The first-order valence-electron chi connectivity index (χ1n) is 11.9. The lowest BCUT2D eigenvalue weighted by atomic mass is 10.2. The second kappa shape index (κ2) is 11.8. The van der Waals surface area contributed by atoms with Gasteiger partial charge in [-0.05, 0) is 66.3 Å². The number of carbonyl (C=O) groups excluding carboxylic acids is 1. The first-order valence-corrected chi connectivity index (χ1v) is 14.9. The molecule has 0 aliphatic carbocycles. The number of fused-ring (bicyclic) bond motifs is 1. The number of nitrogens with zero attached hydrogens (tertiary/aromatic N) is 2. The standard InChI is InChI=1S/C27H32Cl2N4O2S/c1-36(35,16-15-32(14-12-30)23-7-4-6-22(29)18-23)24-9-10-26-20(17-24)11-13-33(26)27(34)31-25-8-3-2-5-21(25)19-28/h2-10,17-18,35H,11-16,19,30H2,1H3,(H,31,34). The highest BCUT2D eigenvalue weighted by Gasteiger charge is 2.28. The molecule has 1 aliphatic heterocycles. The molecule has 192 valence electrons. The average molecular weight is 548 g/mol. The van der Waals surface area contributed by atoms with Crippen molar-refractivity contribution in [2.75, 3.05) is 53.3 Å². The first kappa shape index (κ1) is 26.6. The van der Waals surface area contributed by atoms with Crippen LogP contribution in [0, 0.1) is 0 Å². The van der Waals surface area contributed by atoms with Crippen LogP contribution in [0.3, 0.4) is 0 Å². The van der Waals surface area contributed by atoms with Gasteiger partial charge in [0.25, 0.3) is 0 Å². The quantitative estimate of drug-likeness (QED) is 0.271. The Balaban J connectivity index is 1.46. The minimum Gasteiger partial charge on any atom is -0.369 e. The van der Waals surface area contributed by atoms with Crippen LogP contribution in [0.15, 0.2) is 71.6 Å². The highest BCUT2D eigenvalue weighted by atomic mass is 35.5. The lowest BCUT2D eigenvalue weighted by molar-refractivity contribution is 0.257. The molecule has 3 aromatic carbocycles. The molecule has 0 spiro atoms. The summed E-state index contributed by atoms with van der Waals surface area (Å²) in [4.78, 5) is 17.8. The van der Waals surface area contributed by atoms with E-state index in [0.717, 1.165) is 39.5 Å². The number of hydrogen-bond donors (Lipinski definition) is 3. The fourth-order valence-corrected chi connectivity index (χ4v) is 6.40. The summed E-state index contributed by atoms with van der Waals surface area (Å²) in [5.74, 6) is 0.923. The van der Waals surface area contributed by atoms with Gasteiger partial charge in [-0.2, -0.15) is 0 Å². The minimum absolute atomic E-state index is 0.183. The Bertz CT molecular complexity index is 1220. The molecule has 1 atom stereocenters. The molecule has 9 heteroatoms. The molecule has 6 nitrogen and oxygen atoms in total. The number of para-hydroxylation sites is 1. The van der Waals surface area contributed by atoms with Crippen molar-refractivity contribution in [1.82, 2.24) is 0 Å². The van der Waals surface area contributed by atoms with Crippen LogP contribution in [0.5, 0.6) is 0 Å². The average Bonchev–Trinajstić information content (AvgIpc) is 3.30. The number of nitrogens with one attached hydrogen (secondary N) is 1. The molecule has 0 fully saturated rings. The summed E-state index contributed by atoms with van der Waals surface area (Å²) >= 11 is 12.2. The molecular weight excluding hydrogens is 515 g/mol. The van der Waals surface area contributed by atoms with Crippen LogP contribution in [0.1, 0.15) is 11.1 Å². The van der Waals surface area contributed by atoms with Crippen molar-refractivity contribution in [3.8, 4) is 0 Å². The molecule has 4 rings (SSSR count). The van der Waals surface area contributed by atoms with Gasteiger partial charge in [0.2, 0.25) is 0 Å². The second-order valence-corrected chi connectivity index (χ2v) is 12.6. The third-order valence-corrected chi connectivity index (χ3v) is 9.20. The van der Waals surface area contributed by atoms with E-state index in [4.69, 9.17) is 28.9 Å². The van der Waals surface area contributed by atoms with E-state index >= 15 is 0 Å². The maximum absolute atomic E-state index is 13.0. The van der Waals surface area contributed by atoms with E-state index in [2.05, 4.69) is 16.3 Å². The Morgan fingerprint density at radius 2 is 1.94 bits per heavy atom. The molecule has 1 heterocycles. The van der Waals surface area contributed by atoms with E-state index in [-0.39, 0.29) is 6.03 Å². The highest BCUT2D eigenvalue weighted by Crippen LogP contribution is 2.50. The smallest absolute Gasteiger partial charge is 0.326 e. The number of amides is 2. The zero-order chi connectivity index (χ0) is 25.7. The van der Waals surface area contributed by atoms with Crippen molar-refractivity contribution in [1.29, 1.82) is 0 Å². The fraction of sp³-hybridized carbons (Fsp3) is 0.296. The molecule has 1 unspecified atom stereocenters. The zero-order valence-electron chi connectivity index (χ0n) is 20.3. The Kier molecular flexibility index (Phi) is 8.70. The van der Waals surface area contributed by atoms with Crippen molar-refractivity contribution in [3.05, 3.63) is 82.9 Å². The lowest BCUT2D eigenvalue weighted by Gasteiger charge is -2.34. The number of nitrogens with two attached hydrogens (primary N) is 1. The Morgan fingerprint density at radius 3 is 2.69 bits per heavy atom. The molecular formula is C27H32Cl2N4O2S. The van der Waals surface area contributed by atoms with Gasteiger partial charge in [-0.15, -0.1) is 21.9 Å². The lowest BCUT2D eigenvalue weighted by Crippen LogP contribution is -2.33. The first-order chi connectivity index (χ1) is 17.3. The molecule has 0 saturated carbocycles. The maximum Gasteiger partial charge on any atom is 0.326 e. The molecule has 0 saturated heterocycles. The number of urea groups is 1. The number of halogens is 2. The van der Waals surface area contributed by atoms with Crippen molar-refractivity contribution < 1.29 is 9.35 Å². The van der Waals surface area contributed by atoms with Crippen LogP contribution in [0.2, 0.25) is 5.02 Å².